The molecule has 2 aromatic rings. The van der Waals surface area contributed by atoms with E-state index in [4.69, 9.17) is 27.9 Å². The van der Waals surface area contributed by atoms with Crippen molar-refractivity contribution in [2.45, 2.75) is 31.2 Å². The highest BCUT2D eigenvalue weighted by Gasteiger charge is 2.52. The maximum absolute atomic E-state index is 12.5. The molecule has 2 aromatic carbocycles. The lowest BCUT2D eigenvalue weighted by Gasteiger charge is -2.17. The fraction of sp³-hybridized carbons (Fsp3) is 0.300. The lowest BCUT2D eigenvalue weighted by Crippen LogP contribution is -2.33. The van der Waals surface area contributed by atoms with E-state index in [1.54, 1.807) is 24.3 Å². The summed E-state index contributed by atoms with van der Waals surface area (Å²) in [5.74, 6) is -0.707. The highest BCUT2D eigenvalue weighted by Crippen LogP contribution is 2.49. The molecule has 0 aliphatic heterocycles. The van der Waals surface area contributed by atoms with E-state index in [0.29, 0.717) is 10.0 Å². The predicted octanol–water partition coefficient (Wildman–Crippen LogP) is 4.45. The molecule has 1 aliphatic rings. The van der Waals surface area contributed by atoms with Gasteiger partial charge in [0.15, 0.2) is 6.61 Å². The summed E-state index contributed by atoms with van der Waals surface area (Å²) in [6, 6.07) is 14.2. The Hall–Kier alpha value is -2.04. The van der Waals surface area contributed by atoms with Crippen molar-refractivity contribution in [1.29, 1.82) is 0 Å². The third-order valence-electron chi connectivity index (χ3n) is 4.62. The van der Waals surface area contributed by atoms with Gasteiger partial charge < -0.3 is 10.1 Å². The number of rotatable bonds is 6. The van der Waals surface area contributed by atoms with E-state index in [9.17, 15) is 9.59 Å². The summed E-state index contributed by atoms with van der Waals surface area (Å²) >= 11 is 11.8. The molecule has 3 rings (SSSR count). The van der Waals surface area contributed by atoms with Gasteiger partial charge in [-0.05, 0) is 55.2 Å². The van der Waals surface area contributed by atoms with Crippen LogP contribution in [-0.4, -0.2) is 18.5 Å². The fourth-order valence-electron chi connectivity index (χ4n) is 2.89. The van der Waals surface area contributed by atoms with Crippen molar-refractivity contribution < 1.29 is 14.3 Å². The summed E-state index contributed by atoms with van der Waals surface area (Å²) in [5.41, 5.74) is 1.17. The van der Waals surface area contributed by atoms with Crippen LogP contribution in [0.1, 0.15) is 36.9 Å². The Kier molecular flexibility index (Phi) is 5.54. The first-order chi connectivity index (χ1) is 12.4. The number of carbonyl (C=O) groups is 2. The molecule has 0 bridgehead atoms. The van der Waals surface area contributed by atoms with Gasteiger partial charge in [-0.15, -0.1) is 0 Å². The molecular formula is C20H19Cl2NO3. The number of nitrogens with one attached hydrogen (secondary N) is 1. The van der Waals surface area contributed by atoms with Crippen molar-refractivity contribution in [1.82, 2.24) is 5.32 Å². The topological polar surface area (TPSA) is 55.4 Å². The van der Waals surface area contributed by atoms with Crippen LogP contribution in [0.4, 0.5) is 0 Å². The zero-order valence-corrected chi connectivity index (χ0v) is 15.8. The summed E-state index contributed by atoms with van der Waals surface area (Å²) < 4.78 is 5.27. The first kappa shape index (κ1) is 18.7. The Morgan fingerprint density at radius 3 is 2.12 bits per heavy atom. The highest BCUT2D eigenvalue weighted by molar-refractivity contribution is 6.30. The molecule has 0 aromatic heterocycles. The molecule has 0 saturated heterocycles. The van der Waals surface area contributed by atoms with E-state index in [1.807, 2.05) is 31.2 Å². The molecule has 1 fully saturated rings. The number of ether oxygens (including phenoxy) is 1. The van der Waals surface area contributed by atoms with Gasteiger partial charge in [0.25, 0.3) is 5.91 Å². The van der Waals surface area contributed by atoms with Crippen LogP contribution in [-0.2, 0) is 19.7 Å². The first-order valence-corrected chi connectivity index (χ1v) is 9.14. The van der Waals surface area contributed by atoms with Crippen LogP contribution in [0, 0.1) is 0 Å². The molecular weight excluding hydrogens is 373 g/mol. The molecule has 1 aliphatic carbocycles. The summed E-state index contributed by atoms with van der Waals surface area (Å²) in [6.45, 7) is 1.56. The van der Waals surface area contributed by atoms with Crippen molar-refractivity contribution in [2.75, 3.05) is 6.61 Å². The second-order valence-corrected chi connectivity index (χ2v) is 7.38. The molecule has 4 nitrogen and oxygen atoms in total. The van der Waals surface area contributed by atoms with Crippen LogP contribution in [0.25, 0.3) is 0 Å². The van der Waals surface area contributed by atoms with Crippen LogP contribution in [0.2, 0.25) is 10.0 Å². The molecule has 0 heterocycles. The number of benzene rings is 2. The lowest BCUT2D eigenvalue weighted by molar-refractivity contribution is -0.151. The minimum absolute atomic E-state index is 0.204. The van der Waals surface area contributed by atoms with Crippen molar-refractivity contribution in [3.8, 4) is 0 Å². The first-order valence-electron chi connectivity index (χ1n) is 8.39. The quantitative estimate of drug-likeness (QED) is 0.740. The minimum Gasteiger partial charge on any atom is -0.455 e. The van der Waals surface area contributed by atoms with E-state index in [1.165, 1.54) is 0 Å². The number of hydrogen-bond donors (Lipinski definition) is 1. The normalized spacial score (nSPS) is 15.8. The molecule has 1 saturated carbocycles. The fourth-order valence-corrected chi connectivity index (χ4v) is 3.14. The van der Waals surface area contributed by atoms with Crippen molar-refractivity contribution in [2.24, 2.45) is 0 Å². The van der Waals surface area contributed by atoms with E-state index in [2.05, 4.69) is 5.32 Å². The Bertz CT molecular complexity index is 799. The number of halogens is 2. The lowest BCUT2D eigenvalue weighted by atomic mass is 9.96. The van der Waals surface area contributed by atoms with Gasteiger partial charge in [0, 0.05) is 10.0 Å². The monoisotopic (exact) mass is 391 g/mol. The molecule has 1 N–H and O–H groups in total. The van der Waals surface area contributed by atoms with Crippen LogP contribution >= 0.6 is 23.2 Å². The second-order valence-electron chi connectivity index (χ2n) is 6.51. The Labute approximate surface area is 162 Å². The third-order valence-corrected chi connectivity index (χ3v) is 5.12. The molecule has 0 radical (unpaired) electrons. The van der Waals surface area contributed by atoms with Gasteiger partial charge in [-0.1, -0.05) is 47.5 Å². The molecule has 0 spiro atoms. The van der Waals surface area contributed by atoms with Gasteiger partial charge in [-0.3, -0.25) is 9.59 Å². The van der Waals surface area contributed by atoms with Crippen LogP contribution in [0.15, 0.2) is 48.5 Å². The summed E-state index contributed by atoms with van der Waals surface area (Å²) in [7, 11) is 0. The number of carbonyl (C=O) groups excluding carboxylic acids is 2. The Morgan fingerprint density at radius 2 is 1.58 bits per heavy atom. The summed E-state index contributed by atoms with van der Waals surface area (Å²) in [5, 5.41) is 4.07. The molecule has 26 heavy (non-hydrogen) atoms. The third kappa shape index (κ3) is 4.19. The average Bonchev–Trinajstić information content (AvgIpc) is 3.42. The molecule has 0 unspecified atom stereocenters. The Morgan fingerprint density at radius 1 is 1.04 bits per heavy atom. The second kappa shape index (κ2) is 7.68. The Balaban J connectivity index is 1.53. The van der Waals surface area contributed by atoms with Gasteiger partial charge in [-0.25, -0.2) is 0 Å². The summed E-state index contributed by atoms with van der Waals surface area (Å²) in [4.78, 5) is 24.6. The number of esters is 1. The van der Waals surface area contributed by atoms with Crippen LogP contribution in [0.3, 0.4) is 0 Å². The largest absolute Gasteiger partial charge is 0.455 e. The molecule has 6 heteroatoms. The van der Waals surface area contributed by atoms with E-state index in [-0.39, 0.29) is 24.5 Å². The van der Waals surface area contributed by atoms with E-state index < -0.39 is 5.41 Å². The van der Waals surface area contributed by atoms with Crippen molar-refractivity contribution in [3.63, 3.8) is 0 Å². The molecule has 136 valence electrons. The number of hydrogen-bond acceptors (Lipinski definition) is 3. The molecule has 1 atom stereocenters. The van der Waals surface area contributed by atoms with Crippen molar-refractivity contribution >= 4 is 35.1 Å². The van der Waals surface area contributed by atoms with Gasteiger partial charge >= 0.3 is 5.97 Å². The average molecular weight is 392 g/mol. The maximum atomic E-state index is 12.5. The zero-order chi connectivity index (χ0) is 18.7. The maximum Gasteiger partial charge on any atom is 0.317 e. The van der Waals surface area contributed by atoms with Crippen LogP contribution < -0.4 is 5.32 Å². The molecule has 1 amide bonds. The smallest absolute Gasteiger partial charge is 0.317 e. The van der Waals surface area contributed by atoms with Gasteiger partial charge in [0.2, 0.25) is 0 Å². The zero-order valence-electron chi connectivity index (χ0n) is 14.3. The standard InChI is InChI=1S/C20H19Cl2NO3/c1-13(14-2-6-16(21)7-3-14)23-18(24)12-26-19(25)20(10-11-20)15-4-8-17(22)9-5-15/h2-9,13H,10-12H2,1H3,(H,23,24)/t13-/m0/s1. The summed E-state index contributed by atoms with van der Waals surface area (Å²) in [6.07, 6.45) is 1.44. The minimum atomic E-state index is -0.632. The van der Waals surface area contributed by atoms with Gasteiger partial charge in [-0.2, -0.15) is 0 Å². The SMILES string of the molecule is C[C@H](NC(=O)COC(=O)C1(c2ccc(Cl)cc2)CC1)c1ccc(Cl)cc1. The number of amides is 1. The van der Waals surface area contributed by atoms with Crippen molar-refractivity contribution in [3.05, 3.63) is 69.7 Å². The predicted molar refractivity (Wildman–Crippen MR) is 101 cm³/mol. The van der Waals surface area contributed by atoms with Crippen LogP contribution in [0.5, 0.6) is 0 Å². The van der Waals surface area contributed by atoms with Gasteiger partial charge in [0.1, 0.15) is 0 Å². The van der Waals surface area contributed by atoms with Gasteiger partial charge in [0.05, 0.1) is 11.5 Å². The highest BCUT2D eigenvalue weighted by atomic mass is 35.5. The van der Waals surface area contributed by atoms with E-state index >= 15 is 0 Å². The van der Waals surface area contributed by atoms with E-state index in [0.717, 1.165) is 24.0 Å².